The molecular weight excluding hydrogens is 258 g/mol. The van der Waals surface area contributed by atoms with Gasteiger partial charge >= 0.3 is 0 Å². The molecule has 2 aromatic carbocycles. The lowest BCUT2D eigenvalue weighted by Gasteiger charge is -2.08. The molecule has 0 saturated heterocycles. The van der Waals surface area contributed by atoms with Crippen molar-refractivity contribution < 1.29 is 8.42 Å². The topological polar surface area (TPSA) is 46.2 Å². The number of hydrogen-bond donors (Lipinski definition) is 1. The van der Waals surface area contributed by atoms with Crippen molar-refractivity contribution in [3.8, 4) is 12.3 Å². The van der Waals surface area contributed by atoms with E-state index in [2.05, 4.69) is 10.6 Å². The van der Waals surface area contributed by atoms with E-state index in [0.29, 0.717) is 11.3 Å². The predicted octanol–water partition coefficient (Wildman–Crippen LogP) is 2.78. The van der Waals surface area contributed by atoms with Gasteiger partial charge in [0, 0.05) is 11.3 Å². The highest BCUT2D eigenvalue weighted by atomic mass is 32.2. The Bertz CT molecular complexity index is 708. The maximum absolute atomic E-state index is 12.1. The molecule has 0 aliphatic carbocycles. The van der Waals surface area contributed by atoms with Crippen LogP contribution in [0.2, 0.25) is 0 Å². The number of nitrogens with one attached hydrogen (secondary N) is 1. The van der Waals surface area contributed by atoms with E-state index in [-0.39, 0.29) is 4.90 Å². The number of terminal acetylenes is 1. The van der Waals surface area contributed by atoms with Gasteiger partial charge in [-0.1, -0.05) is 23.6 Å². The molecule has 0 aromatic heterocycles. The Labute approximate surface area is 113 Å². The molecule has 0 aliphatic rings. The van der Waals surface area contributed by atoms with Crippen molar-refractivity contribution in [2.75, 3.05) is 4.72 Å². The standard InChI is InChI=1S/C15H13NO2S/c1-3-13-6-10-15(11-7-13)19(17,18)16-14-8-4-12(2)5-9-14/h1,4-11,16H,2H3. The average molecular weight is 271 g/mol. The third-order valence-corrected chi connectivity index (χ3v) is 4.03. The van der Waals surface area contributed by atoms with Crippen molar-refractivity contribution in [2.45, 2.75) is 11.8 Å². The Morgan fingerprint density at radius 2 is 1.58 bits per heavy atom. The number of hydrogen-bond acceptors (Lipinski definition) is 2. The van der Waals surface area contributed by atoms with Crippen LogP contribution in [0.4, 0.5) is 5.69 Å². The second-order valence-corrected chi connectivity index (χ2v) is 5.82. The smallest absolute Gasteiger partial charge is 0.261 e. The van der Waals surface area contributed by atoms with Gasteiger partial charge in [-0.2, -0.15) is 0 Å². The molecule has 3 nitrogen and oxygen atoms in total. The minimum atomic E-state index is -3.57. The van der Waals surface area contributed by atoms with E-state index in [1.54, 1.807) is 24.3 Å². The van der Waals surface area contributed by atoms with Crippen molar-refractivity contribution in [3.63, 3.8) is 0 Å². The van der Waals surface area contributed by atoms with Crippen molar-refractivity contribution in [3.05, 3.63) is 59.7 Å². The Kier molecular flexibility index (Phi) is 3.59. The lowest BCUT2D eigenvalue weighted by molar-refractivity contribution is 0.601. The zero-order valence-corrected chi connectivity index (χ0v) is 11.2. The van der Waals surface area contributed by atoms with Gasteiger partial charge in [-0.3, -0.25) is 4.72 Å². The molecule has 0 aliphatic heterocycles. The van der Waals surface area contributed by atoms with Gasteiger partial charge in [-0.25, -0.2) is 8.42 Å². The normalized spacial score (nSPS) is 10.7. The van der Waals surface area contributed by atoms with E-state index >= 15 is 0 Å². The molecule has 0 unspecified atom stereocenters. The Morgan fingerprint density at radius 1 is 1.00 bits per heavy atom. The highest BCUT2D eigenvalue weighted by Crippen LogP contribution is 2.16. The molecule has 0 atom stereocenters. The fraction of sp³-hybridized carbons (Fsp3) is 0.0667. The molecule has 0 radical (unpaired) electrons. The van der Waals surface area contributed by atoms with Crippen LogP contribution < -0.4 is 4.72 Å². The zero-order chi connectivity index (χ0) is 13.9. The first-order valence-electron chi connectivity index (χ1n) is 5.67. The molecule has 2 aromatic rings. The van der Waals surface area contributed by atoms with Crippen LogP contribution in [0.15, 0.2) is 53.4 Å². The predicted molar refractivity (Wildman–Crippen MR) is 76.4 cm³/mol. The van der Waals surface area contributed by atoms with Crippen LogP contribution in [0.5, 0.6) is 0 Å². The summed E-state index contributed by atoms with van der Waals surface area (Å²) in [5.41, 5.74) is 2.25. The van der Waals surface area contributed by atoms with Gasteiger partial charge in [0.2, 0.25) is 0 Å². The second kappa shape index (κ2) is 5.17. The van der Waals surface area contributed by atoms with E-state index in [1.165, 1.54) is 12.1 Å². The Hall–Kier alpha value is -2.25. The molecule has 0 fully saturated rings. The summed E-state index contributed by atoms with van der Waals surface area (Å²) in [5.74, 6) is 2.45. The third-order valence-electron chi connectivity index (χ3n) is 2.64. The molecule has 0 amide bonds. The van der Waals surface area contributed by atoms with Gasteiger partial charge in [0.25, 0.3) is 10.0 Å². The summed E-state index contributed by atoms with van der Waals surface area (Å²) in [5, 5.41) is 0. The summed E-state index contributed by atoms with van der Waals surface area (Å²) in [6, 6.07) is 13.3. The minimum Gasteiger partial charge on any atom is -0.280 e. The molecule has 0 bridgehead atoms. The van der Waals surface area contributed by atoms with Crippen molar-refractivity contribution >= 4 is 15.7 Å². The molecule has 0 spiro atoms. The van der Waals surface area contributed by atoms with Crippen LogP contribution >= 0.6 is 0 Å². The number of anilines is 1. The average Bonchev–Trinajstić information content (AvgIpc) is 2.41. The fourth-order valence-electron chi connectivity index (χ4n) is 1.57. The molecule has 19 heavy (non-hydrogen) atoms. The lowest BCUT2D eigenvalue weighted by Crippen LogP contribution is -2.12. The van der Waals surface area contributed by atoms with E-state index < -0.39 is 10.0 Å². The van der Waals surface area contributed by atoms with Crippen LogP contribution in [0.25, 0.3) is 0 Å². The van der Waals surface area contributed by atoms with Crippen LogP contribution in [-0.2, 0) is 10.0 Å². The lowest BCUT2D eigenvalue weighted by atomic mass is 10.2. The number of aryl methyl sites for hydroxylation is 1. The second-order valence-electron chi connectivity index (χ2n) is 4.14. The van der Waals surface area contributed by atoms with E-state index in [4.69, 9.17) is 6.42 Å². The molecule has 0 saturated carbocycles. The van der Waals surface area contributed by atoms with Gasteiger partial charge in [0.1, 0.15) is 0 Å². The van der Waals surface area contributed by atoms with Crippen LogP contribution in [-0.4, -0.2) is 8.42 Å². The van der Waals surface area contributed by atoms with Crippen LogP contribution in [0.3, 0.4) is 0 Å². The molecular formula is C15H13NO2S. The summed E-state index contributed by atoms with van der Waals surface area (Å²) in [6.07, 6.45) is 5.23. The van der Waals surface area contributed by atoms with Gasteiger partial charge in [0.15, 0.2) is 0 Å². The van der Waals surface area contributed by atoms with Gasteiger partial charge in [0.05, 0.1) is 4.90 Å². The number of benzene rings is 2. The molecule has 96 valence electrons. The summed E-state index contributed by atoms with van der Waals surface area (Å²) < 4.78 is 26.8. The fourth-order valence-corrected chi connectivity index (χ4v) is 2.62. The molecule has 0 heterocycles. The van der Waals surface area contributed by atoms with Crippen LogP contribution in [0, 0.1) is 19.3 Å². The first-order valence-corrected chi connectivity index (χ1v) is 7.16. The largest absolute Gasteiger partial charge is 0.280 e. The zero-order valence-electron chi connectivity index (χ0n) is 10.4. The Morgan fingerprint density at radius 3 is 2.11 bits per heavy atom. The SMILES string of the molecule is C#Cc1ccc(S(=O)(=O)Nc2ccc(C)cc2)cc1. The first-order chi connectivity index (χ1) is 9.01. The highest BCUT2D eigenvalue weighted by Gasteiger charge is 2.13. The minimum absolute atomic E-state index is 0.187. The van der Waals surface area contributed by atoms with Crippen molar-refractivity contribution in [1.29, 1.82) is 0 Å². The molecule has 1 N–H and O–H groups in total. The number of rotatable bonds is 3. The van der Waals surface area contributed by atoms with Crippen molar-refractivity contribution in [1.82, 2.24) is 0 Å². The summed E-state index contributed by atoms with van der Waals surface area (Å²) in [4.78, 5) is 0.187. The quantitative estimate of drug-likeness (QED) is 0.872. The summed E-state index contributed by atoms with van der Waals surface area (Å²) in [7, 11) is -3.57. The van der Waals surface area contributed by atoms with Crippen LogP contribution in [0.1, 0.15) is 11.1 Å². The number of sulfonamides is 1. The van der Waals surface area contributed by atoms with Gasteiger partial charge < -0.3 is 0 Å². The third kappa shape index (κ3) is 3.15. The molecule has 2 rings (SSSR count). The van der Waals surface area contributed by atoms with Gasteiger partial charge in [-0.15, -0.1) is 6.42 Å². The van der Waals surface area contributed by atoms with E-state index in [0.717, 1.165) is 5.56 Å². The Balaban J connectivity index is 2.27. The highest BCUT2D eigenvalue weighted by molar-refractivity contribution is 7.92. The van der Waals surface area contributed by atoms with E-state index in [1.807, 2.05) is 19.1 Å². The summed E-state index contributed by atoms with van der Waals surface area (Å²) in [6.45, 7) is 1.94. The molecule has 4 heteroatoms. The monoisotopic (exact) mass is 271 g/mol. The van der Waals surface area contributed by atoms with Gasteiger partial charge in [-0.05, 0) is 43.3 Å². The maximum Gasteiger partial charge on any atom is 0.261 e. The van der Waals surface area contributed by atoms with Crippen molar-refractivity contribution in [2.24, 2.45) is 0 Å². The summed E-state index contributed by atoms with van der Waals surface area (Å²) >= 11 is 0. The first kappa shape index (κ1) is 13.2. The maximum atomic E-state index is 12.1. The van der Waals surface area contributed by atoms with E-state index in [9.17, 15) is 8.42 Å².